The Labute approximate surface area is 95.6 Å². The van der Waals surface area contributed by atoms with Gasteiger partial charge in [-0.05, 0) is 29.9 Å². The minimum absolute atomic E-state index is 0.241. The third-order valence-corrected chi connectivity index (χ3v) is 3.00. The molecule has 0 spiro atoms. The van der Waals surface area contributed by atoms with Crippen molar-refractivity contribution >= 4 is 5.97 Å². The molecule has 86 valence electrons. The molecule has 1 aromatic carbocycles. The molecule has 0 unspecified atom stereocenters. The number of hydrogen-bond donors (Lipinski definition) is 1. The van der Waals surface area contributed by atoms with Crippen molar-refractivity contribution in [3.05, 3.63) is 35.4 Å². The molecule has 0 amide bonds. The molecule has 1 fully saturated rings. The molecule has 0 aliphatic heterocycles. The van der Waals surface area contributed by atoms with E-state index >= 15 is 0 Å². The Morgan fingerprint density at radius 3 is 2.94 bits per heavy atom. The standard InChI is InChI=1S/C13H17NO2/c1-16-13(15)8-12(14)11-4-2-3-10(7-11)9-5-6-9/h2-4,7,9,12H,5-6,8,14H2,1H3/t12-/m1/s1. The lowest BCUT2D eigenvalue weighted by atomic mass is 10.0. The molecular formula is C13H17NO2. The van der Waals surface area contributed by atoms with Crippen molar-refractivity contribution in [3.63, 3.8) is 0 Å². The Morgan fingerprint density at radius 1 is 1.56 bits per heavy atom. The van der Waals surface area contributed by atoms with E-state index in [9.17, 15) is 4.79 Å². The van der Waals surface area contributed by atoms with E-state index in [0.29, 0.717) is 5.92 Å². The Bertz CT molecular complexity index is 385. The fraction of sp³-hybridized carbons (Fsp3) is 0.462. The van der Waals surface area contributed by atoms with Crippen LogP contribution in [0.3, 0.4) is 0 Å². The summed E-state index contributed by atoms with van der Waals surface area (Å²) < 4.78 is 4.61. The largest absolute Gasteiger partial charge is 0.469 e. The summed E-state index contributed by atoms with van der Waals surface area (Å²) in [5.41, 5.74) is 8.33. The monoisotopic (exact) mass is 219 g/mol. The molecule has 0 radical (unpaired) electrons. The molecule has 2 N–H and O–H groups in total. The molecule has 3 heteroatoms. The Balaban J connectivity index is 2.07. The van der Waals surface area contributed by atoms with Crippen molar-refractivity contribution in [2.75, 3.05) is 7.11 Å². The molecule has 1 atom stereocenters. The number of ether oxygens (including phenoxy) is 1. The van der Waals surface area contributed by atoms with Crippen molar-refractivity contribution in [3.8, 4) is 0 Å². The first-order valence-electron chi connectivity index (χ1n) is 5.63. The fourth-order valence-electron chi connectivity index (χ4n) is 1.84. The van der Waals surface area contributed by atoms with E-state index in [2.05, 4.69) is 16.9 Å². The zero-order valence-corrected chi connectivity index (χ0v) is 9.48. The SMILES string of the molecule is COC(=O)C[C@@H](N)c1cccc(C2CC2)c1. The summed E-state index contributed by atoms with van der Waals surface area (Å²) in [5.74, 6) is 0.453. The van der Waals surface area contributed by atoms with Crippen LogP contribution >= 0.6 is 0 Å². The molecular weight excluding hydrogens is 202 g/mol. The number of nitrogens with two attached hydrogens (primary N) is 1. The maximum Gasteiger partial charge on any atom is 0.307 e. The Morgan fingerprint density at radius 2 is 2.31 bits per heavy atom. The van der Waals surface area contributed by atoms with Gasteiger partial charge in [-0.3, -0.25) is 4.79 Å². The van der Waals surface area contributed by atoms with E-state index in [1.54, 1.807) is 0 Å². The summed E-state index contributed by atoms with van der Waals surface area (Å²) in [5, 5.41) is 0. The van der Waals surface area contributed by atoms with Gasteiger partial charge in [0.1, 0.15) is 0 Å². The van der Waals surface area contributed by atoms with Crippen LogP contribution in [0.4, 0.5) is 0 Å². The zero-order valence-electron chi connectivity index (χ0n) is 9.48. The number of carbonyl (C=O) groups excluding carboxylic acids is 1. The topological polar surface area (TPSA) is 52.3 Å². The summed E-state index contributed by atoms with van der Waals surface area (Å²) in [6.45, 7) is 0. The number of benzene rings is 1. The van der Waals surface area contributed by atoms with Gasteiger partial charge in [-0.25, -0.2) is 0 Å². The molecule has 0 saturated heterocycles. The Kier molecular flexibility index (Phi) is 3.25. The number of rotatable bonds is 4. The van der Waals surface area contributed by atoms with E-state index in [4.69, 9.17) is 5.73 Å². The van der Waals surface area contributed by atoms with Crippen LogP contribution < -0.4 is 5.73 Å². The van der Waals surface area contributed by atoms with Gasteiger partial charge in [-0.2, -0.15) is 0 Å². The lowest BCUT2D eigenvalue weighted by Crippen LogP contribution is -2.16. The number of methoxy groups -OCH3 is 1. The number of hydrogen-bond acceptors (Lipinski definition) is 3. The molecule has 0 aromatic heterocycles. The van der Waals surface area contributed by atoms with Crippen molar-refractivity contribution in [2.24, 2.45) is 5.73 Å². The van der Waals surface area contributed by atoms with Crippen LogP contribution in [0.15, 0.2) is 24.3 Å². The fourth-order valence-corrected chi connectivity index (χ4v) is 1.84. The van der Waals surface area contributed by atoms with Crippen molar-refractivity contribution in [1.82, 2.24) is 0 Å². The van der Waals surface area contributed by atoms with Gasteiger partial charge in [0.15, 0.2) is 0 Å². The van der Waals surface area contributed by atoms with E-state index in [1.165, 1.54) is 25.5 Å². The van der Waals surface area contributed by atoms with Gasteiger partial charge >= 0.3 is 5.97 Å². The molecule has 1 saturated carbocycles. The first-order valence-corrected chi connectivity index (χ1v) is 5.63. The van der Waals surface area contributed by atoms with Crippen LogP contribution in [0.2, 0.25) is 0 Å². The summed E-state index contributed by atoms with van der Waals surface area (Å²) in [4.78, 5) is 11.1. The Hall–Kier alpha value is -1.35. The second-order valence-electron chi connectivity index (χ2n) is 4.33. The third-order valence-electron chi connectivity index (χ3n) is 3.00. The maximum atomic E-state index is 11.1. The summed E-state index contributed by atoms with van der Waals surface area (Å²) in [7, 11) is 1.38. The van der Waals surface area contributed by atoms with E-state index < -0.39 is 0 Å². The zero-order chi connectivity index (χ0) is 11.5. The van der Waals surface area contributed by atoms with Crippen molar-refractivity contribution < 1.29 is 9.53 Å². The van der Waals surface area contributed by atoms with E-state index in [-0.39, 0.29) is 18.4 Å². The maximum absolute atomic E-state index is 11.1. The highest BCUT2D eigenvalue weighted by Crippen LogP contribution is 2.40. The quantitative estimate of drug-likeness (QED) is 0.789. The number of carbonyl (C=O) groups is 1. The van der Waals surface area contributed by atoms with Crippen LogP contribution in [0.1, 0.15) is 42.3 Å². The van der Waals surface area contributed by atoms with Crippen LogP contribution in [0.25, 0.3) is 0 Å². The highest BCUT2D eigenvalue weighted by atomic mass is 16.5. The smallest absolute Gasteiger partial charge is 0.307 e. The summed E-state index contributed by atoms with van der Waals surface area (Å²) >= 11 is 0. The second kappa shape index (κ2) is 4.66. The average molecular weight is 219 g/mol. The van der Waals surface area contributed by atoms with Gasteiger partial charge in [0.2, 0.25) is 0 Å². The molecule has 1 aromatic rings. The van der Waals surface area contributed by atoms with E-state index in [0.717, 1.165) is 5.56 Å². The molecule has 1 aliphatic rings. The lowest BCUT2D eigenvalue weighted by molar-refractivity contribution is -0.141. The van der Waals surface area contributed by atoms with Gasteiger partial charge in [-0.1, -0.05) is 24.3 Å². The highest BCUT2D eigenvalue weighted by Gasteiger charge is 2.24. The van der Waals surface area contributed by atoms with Gasteiger partial charge in [0.25, 0.3) is 0 Å². The van der Waals surface area contributed by atoms with Gasteiger partial charge in [-0.15, -0.1) is 0 Å². The summed E-state index contributed by atoms with van der Waals surface area (Å²) in [6.07, 6.45) is 2.79. The van der Waals surface area contributed by atoms with Crippen molar-refractivity contribution in [2.45, 2.75) is 31.2 Å². The lowest BCUT2D eigenvalue weighted by Gasteiger charge is -2.11. The highest BCUT2D eigenvalue weighted by molar-refractivity contribution is 5.70. The van der Waals surface area contributed by atoms with Gasteiger partial charge < -0.3 is 10.5 Å². The number of esters is 1. The van der Waals surface area contributed by atoms with Crippen LogP contribution in [-0.4, -0.2) is 13.1 Å². The first kappa shape index (κ1) is 11.1. The first-order chi connectivity index (χ1) is 7.70. The molecule has 0 heterocycles. The van der Waals surface area contributed by atoms with Gasteiger partial charge in [0.05, 0.1) is 13.5 Å². The molecule has 1 aliphatic carbocycles. The van der Waals surface area contributed by atoms with Crippen LogP contribution in [-0.2, 0) is 9.53 Å². The predicted molar refractivity (Wildman–Crippen MR) is 62.0 cm³/mol. The summed E-state index contributed by atoms with van der Waals surface area (Å²) in [6, 6.07) is 7.97. The van der Waals surface area contributed by atoms with Gasteiger partial charge in [0, 0.05) is 6.04 Å². The molecule has 16 heavy (non-hydrogen) atoms. The van der Waals surface area contributed by atoms with Crippen LogP contribution in [0, 0.1) is 0 Å². The predicted octanol–water partition coefficient (Wildman–Crippen LogP) is 2.13. The van der Waals surface area contributed by atoms with Crippen molar-refractivity contribution in [1.29, 1.82) is 0 Å². The van der Waals surface area contributed by atoms with E-state index in [1.807, 2.05) is 12.1 Å². The molecule has 2 rings (SSSR count). The third kappa shape index (κ3) is 2.61. The minimum Gasteiger partial charge on any atom is -0.469 e. The van der Waals surface area contributed by atoms with Crippen LogP contribution in [0.5, 0.6) is 0 Å². The molecule has 0 bridgehead atoms. The molecule has 3 nitrogen and oxygen atoms in total. The average Bonchev–Trinajstić information content (AvgIpc) is 3.13. The normalized spacial score (nSPS) is 16.9. The minimum atomic E-state index is -0.260. The second-order valence-corrected chi connectivity index (χ2v) is 4.33.